The van der Waals surface area contributed by atoms with E-state index < -0.39 is 9.84 Å². The third-order valence-corrected chi connectivity index (χ3v) is 5.13. The quantitative estimate of drug-likeness (QED) is 0.917. The largest absolute Gasteiger partial charge is 0.308 e. The molecule has 0 aliphatic carbocycles. The van der Waals surface area contributed by atoms with E-state index in [9.17, 15) is 8.42 Å². The van der Waals surface area contributed by atoms with E-state index >= 15 is 0 Å². The maximum Gasteiger partial charge on any atom is 0.175 e. The Morgan fingerprint density at radius 1 is 1.25 bits per heavy atom. The van der Waals surface area contributed by atoms with E-state index in [0.717, 1.165) is 22.1 Å². The van der Waals surface area contributed by atoms with E-state index in [1.165, 1.54) is 17.6 Å². The highest BCUT2D eigenvalue weighted by molar-refractivity contribution is 7.90. The van der Waals surface area contributed by atoms with Gasteiger partial charge in [0.05, 0.1) is 10.9 Å². The van der Waals surface area contributed by atoms with E-state index in [2.05, 4.69) is 15.5 Å². The van der Waals surface area contributed by atoms with E-state index in [1.54, 1.807) is 24.3 Å². The molecule has 1 aromatic heterocycles. The minimum Gasteiger partial charge on any atom is -0.308 e. The van der Waals surface area contributed by atoms with Crippen LogP contribution < -0.4 is 5.32 Å². The van der Waals surface area contributed by atoms with Crippen LogP contribution in [0.15, 0.2) is 29.2 Å². The molecule has 1 atom stereocenters. The molecular formula is C13H17N3O2S2. The number of hydrogen-bond donors (Lipinski definition) is 1. The van der Waals surface area contributed by atoms with Gasteiger partial charge in [0.15, 0.2) is 9.84 Å². The van der Waals surface area contributed by atoms with Gasteiger partial charge in [-0.3, -0.25) is 0 Å². The summed E-state index contributed by atoms with van der Waals surface area (Å²) in [5.41, 5.74) is 0.879. The molecule has 0 saturated carbocycles. The minimum absolute atomic E-state index is 0.168. The van der Waals surface area contributed by atoms with Crippen LogP contribution in [0.1, 0.15) is 24.9 Å². The summed E-state index contributed by atoms with van der Waals surface area (Å²) in [6, 6.07) is 6.89. The highest BCUT2D eigenvalue weighted by atomic mass is 32.2. The third kappa shape index (κ3) is 3.41. The number of aromatic nitrogens is 2. The van der Waals surface area contributed by atoms with Crippen molar-refractivity contribution in [3.63, 3.8) is 0 Å². The van der Waals surface area contributed by atoms with E-state index in [0.29, 0.717) is 4.90 Å². The molecule has 1 heterocycles. The second-order valence-electron chi connectivity index (χ2n) is 4.52. The number of benzene rings is 1. The monoisotopic (exact) mass is 311 g/mol. The zero-order valence-corrected chi connectivity index (χ0v) is 13.3. The summed E-state index contributed by atoms with van der Waals surface area (Å²) in [5, 5.41) is 13.3. The molecule has 0 saturated heterocycles. The smallest absolute Gasteiger partial charge is 0.175 e. The number of nitrogens with one attached hydrogen (secondary N) is 1. The molecule has 0 fully saturated rings. The van der Waals surface area contributed by atoms with Gasteiger partial charge >= 0.3 is 0 Å². The topological polar surface area (TPSA) is 72.0 Å². The molecular weight excluding hydrogens is 294 g/mol. The minimum atomic E-state index is -3.16. The lowest BCUT2D eigenvalue weighted by Crippen LogP contribution is -2.17. The van der Waals surface area contributed by atoms with Crippen molar-refractivity contribution in [2.75, 3.05) is 12.8 Å². The maximum absolute atomic E-state index is 11.4. The zero-order chi connectivity index (χ0) is 14.8. The summed E-state index contributed by atoms with van der Waals surface area (Å²) in [6.45, 7) is 4.96. The molecule has 20 heavy (non-hydrogen) atoms. The Labute approximate surface area is 123 Å². The molecule has 0 aliphatic heterocycles. The van der Waals surface area contributed by atoms with Crippen LogP contribution >= 0.6 is 11.3 Å². The molecule has 1 unspecified atom stereocenters. The standard InChI is InChI=1S/C13H17N3O2S2/c1-4-14-9(2)12-15-16-13(19-12)10-5-7-11(8-6-10)20(3,17)18/h5-9,14H,4H2,1-3H3. The Balaban J connectivity index is 2.24. The van der Waals surface area contributed by atoms with Crippen molar-refractivity contribution in [1.82, 2.24) is 15.5 Å². The van der Waals surface area contributed by atoms with Gasteiger partial charge in [0.2, 0.25) is 0 Å². The lowest BCUT2D eigenvalue weighted by atomic mass is 10.2. The van der Waals surface area contributed by atoms with Crippen molar-refractivity contribution in [3.05, 3.63) is 29.3 Å². The molecule has 0 spiro atoms. The van der Waals surface area contributed by atoms with Crippen molar-refractivity contribution in [2.24, 2.45) is 0 Å². The lowest BCUT2D eigenvalue weighted by Gasteiger charge is -2.06. The van der Waals surface area contributed by atoms with Gasteiger partial charge in [-0.15, -0.1) is 10.2 Å². The first-order valence-electron chi connectivity index (χ1n) is 6.29. The summed E-state index contributed by atoms with van der Waals surface area (Å²) >= 11 is 1.51. The highest BCUT2D eigenvalue weighted by Crippen LogP contribution is 2.27. The predicted octanol–water partition coefficient (Wildman–Crippen LogP) is 2.28. The second-order valence-corrected chi connectivity index (χ2v) is 7.55. The molecule has 2 aromatic rings. The zero-order valence-electron chi connectivity index (χ0n) is 11.6. The highest BCUT2D eigenvalue weighted by Gasteiger charge is 2.13. The Kier molecular flexibility index (Phi) is 4.52. The van der Waals surface area contributed by atoms with Gasteiger partial charge in [0.1, 0.15) is 10.0 Å². The molecule has 0 radical (unpaired) electrons. The van der Waals surface area contributed by atoms with E-state index in [-0.39, 0.29) is 6.04 Å². The van der Waals surface area contributed by atoms with Gasteiger partial charge in [0.25, 0.3) is 0 Å². The van der Waals surface area contributed by atoms with Crippen molar-refractivity contribution in [3.8, 4) is 10.6 Å². The van der Waals surface area contributed by atoms with E-state index in [1.807, 2.05) is 13.8 Å². The van der Waals surface area contributed by atoms with Crippen LogP contribution in [0.3, 0.4) is 0 Å². The number of hydrogen-bond acceptors (Lipinski definition) is 6. The average molecular weight is 311 g/mol. The first-order valence-corrected chi connectivity index (χ1v) is 9.00. The van der Waals surface area contributed by atoms with Crippen LogP contribution in [0.5, 0.6) is 0 Å². The maximum atomic E-state index is 11.4. The van der Waals surface area contributed by atoms with Crippen LogP contribution in [-0.4, -0.2) is 31.4 Å². The van der Waals surface area contributed by atoms with Gasteiger partial charge in [-0.1, -0.05) is 30.4 Å². The molecule has 0 bridgehead atoms. The van der Waals surface area contributed by atoms with Crippen molar-refractivity contribution in [1.29, 1.82) is 0 Å². The SMILES string of the molecule is CCNC(C)c1nnc(-c2ccc(S(C)(=O)=O)cc2)s1. The van der Waals surface area contributed by atoms with Crippen molar-refractivity contribution >= 4 is 21.2 Å². The predicted molar refractivity (Wildman–Crippen MR) is 80.5 cm³/mol. The number of nitrogens with zero attached hydrogens (tertiary/aromatic N) is 2. The number of rotatable bonds is 5. The molecule has 108 valence electrons. The van der Waals surface area contributed by atoms with Gasteiger partial charge in [-0.2, -0.15) is 0 Å². The number of sulfone groups is 1. The average Bonchev–Trinajstić information content (AvgIpc) is 2.88. The van der Waals surface area contributed by atoms with Crippen LogP contribution in [0.2, 0.25) is 0 Å². The molecule has 0 aliphatic rings. The van der Waals surface area contributed by atoms with Crippen molar-refractivity contribution < 1.29 is 8.42 Å². The molecule has 1 aromatic carbocycles. The van der Waals surface area contributed by atoms with Gasteiger partial charge in [-0.05, 0) is 25.6 Å². The van der Waals surface area contributed by atoms with Crippen LogP contribution in [0.25, 0.3) is 10.6 Å². The molecule has 1 N–H and O–H groups in total. The molecule has 0 amide bonds. The van der Waals surface area contributed by atoms with Crippen LogP contribution in [0.4, 0.5) is 0 Å². The third-order valence-electron chi connectivity index (χ3n) is 2.85. The normalized spacial score (nSPS) is 13.3. The Bertz CT molecular complexity index is 678. The van der Waals surface area contributed by atoms with E-state index in [4.69, 9.17) is 0 Å². The fraction of sp³-hybridized carbons (Fsp3) is 0.385. The summed E-state index contributed by atoms with van der Waals surface area (Å²) in [6.07, 6.45) is 1.20. The van der Waals surface area contributed by atoms with Crippen LogP contribution in [0, 0.1) is 0 Å². The first-order chi connectivity index (χ1) is 9.41. The summed E-state index contributed by atoms with van der Waals surface area (Å²) < 4.78 is 22.8. The fourth-order valence-corrected chi connectivity index (χ4v) is 3.27. The fourth-order valence-electron chi connectivity index (χ4n) is 1.76. The summed E-state index contributed by atoms with van der Waals surface area (Å²) in [7, 11) is -3.16. The Morgan fingerprint density at radius 3 is 2.45 bits per heavy atom. The van der Waals surface area contributed by atoms with Crippen LogP contribution in [-0.2, 0) is 9.84 Å². The van der Waals surface area contributed by atoms with Gasteiger partial charge in [0, 0.05) is 11.8 Å². The van der Waals surface area contributed by atoms with Gasteiger partial charge < -0.3 is 5.32 Å². The molecule has 5 nitrogen and oxygen atoms in total. The van der Waals surface area contributed by atoms with Gasteiger partial charge in [-0.25, -0.2) is 8.42 Å². The van der Waals surface area contributed by atoms with Crippen molar-refractivity contribution in [2.45, 2.75) is 24.8 Å². The lowest BCUT2D eigenvalue weighted by molar-refractivity contribution is 0.590. The first kappa shape index (κ1) is 15.1. The Hall–Kier alpha value is -1.31. The summed E-state index contributed by atoms with van der Waals surface area (Å²) in [5.74, 6) is 0. The Morgan fingerprint density at radius 2 is 1.90 bits per heavy atom. The molecule has 7 heteroatoms. The second kappa shape index (κ2) is 5.99. The molecule has 2 rings (SSSR count). The summed E-state index contributed by atoms with van der Waals surface area (Å²) in [4.78, 5) is 0.312.